The summed E-state index contributed by atoms with van der Waals surface area (Å²) in [6.07, 6.45) is 2.15. The monoisotopic (exact) mass is 191 g/mol. The van der Waals surface area contributed by atoms with E-state index in [0.717, 1.165) is 39.0 Å². The zero-order valence-corrected chi connectivity index (χ0v) is 8.56. The van der Waals surface area contributed by atoms with Crippen LogP contribution in [0.2, 0.25) is 0 Å². The van der Waals surface area contributed by atoms with Crippen LogP contribution in [0.5, 0.6) is 0 Å². The van der Waals surface area contributed by atoms with Gasteiger partial charge in [-0.2, -0.15) is 0 Å². The predicted octanol–water partition coefficient (Wildman–Crippen LogP) is -0.342. The van der Waals surface area contributed by atoms with Gasteiger partial charge in [0, 0.05) is 13.1 Å². The Balaban J connectivity index is 2.76. The Kier molecular flexibility index (Phi) is 11.6. The van der Waals surface area contributed by atoms with Crippen molar-refractivity contribution >= 4 is 0 Å². The lowest BCUT2D eigenvalue weighted by Gasteiger charge is -2.05. The van der Waals surface area contributed by atoms with Gasteiger partial charge in [0.05, 0.1) is 14.2 Å². The van der Waals surface area contributed by atoms with Gasteiger partial charge in [-0.1, -0.05) is 0 Å². The molecular formula is C8H21N3O2. The Morgan fingerprint density at radius 1 is 0.769 bits per heavy atom. The van der Waals surface area contributed by atoms with E-state index in [-0.39, 0.29) is 0 Å². The van der Waals surface area contributed by atoms with E-state index in [4.69, 9.17) is 9.68 Å². The van der Waals surface area contributed by atoms with Crippen molar-refractivity contribution in [2.24, 2.45) is 0 Å². The van der Waals surface area contributed by atoms with Crippen molar-refractivity contribution in [3.05, 3.63) is 0 Å². The molecule has 5 nitrogen and oxygen atoms in total. The van der Waals surface area contributed by atoms with Gasteiger partial charge in [0.25, 0.3) is 0 Å². The van der Waals surface area contributed by atoms with E-state index < -0.39 is 0 Å². The van der Waals surface area contributed by atoms with Crippen LogP contribution in [0.3, 0.4) is 0 Å². The maximum atomic E-state index is 4.70. The molecule has 0 saturated heterocycles. The number of rotatable bonds is 10. The van der Waals surface area contributed by atoms with Crippen LogP contribution >= 0.6 is 0 Å². The first-order chi connectivity index (χ1) is 6.41. The van der Waals surface area contributed by atoms with Gasteiger partial charge in [-0.3, -0.25) is 0 Å². The topological polar surface area (TPSA) is 54.5 Å². The van der Waals surface area contributed by atoms with Gasteiger partial charge in [-0.15, -0.1) is 0 Å². The molecule has 5 heteroatoms. The fourth-order valence-corrected chi connectivity index (χ4v) is 0.900. The van der Waals surface area contributed by atoms with Crippen molar-refractivity contribution in [1.82, 2.24) is 16.3 Å². The number of hydrogen-bond acceptors (Lipinski definition) is 5. The molecule has 0 unspecified atom stereocenters. The first-order valence-corrected chi connectivity index (χ1v) is 4.64. The van der Waals surface area contributed by atoms with E-state index in [1.54, 1.807) is 14.2 Å². The zero-order chi connectivity index (χ0) is 9.78. The summed E-state index contributed by atoms with van der Waals surface area (Å²) < 4.78 is 0. The maximum absolute atomic E-state index is 4.70. The van der Waals surface area contributed by atoms with E-state index >= 15 is 0 Å². The third-order valence-electron chi connectivity index (χ3n) is 1.55. The SMILES string of the molecule is CONCCCNCCCNOC. The summed E-state index contributed by atoms with van der Waals surface area (Å²) in [5.41, 5.74) is 5.57. The fraction of sp³-hybridized carbons (Fsp3) is 1.00. The van der Waals surface area contributed by atoms with Gasteiger partial charge >= 0.3 is 0 Å². The fourth-order valence-electron chi connectivity index (χ4n) is 0.900. The van der Waals surface area contributed by atoms with Crippen LogP contribution < -0.4 is 16.3 Å². The lowest BCUT2D eigenvalue weighted by atomic mass is 10.4. The van der Waals surface area contributed by atoms with Crippen LogP contribution in [0, 0.1) is 0 Å². The molecular weight excluding hydrogens is 170 g/mol. The van der Waals surface area contributed by atoms with Gasteiger partial charge in [0.15, 0.2) is 0 Å². The molecule has 0 aliphatic heterocycles. The Morgan fingerprint density at radius 2 is 1.23 bits per heavy atom. The van der Waals surface area contributed by atoms with Crippen LogP contribution in [-0.2, 0) is 9.68 Å². The molecule has 0 bridgehead atoms. The maximum Gasteiger partial charge on any atom is 0.0572 e. The summed E-state index contributed by atoms with van der Waals surface area (Å²) >= 11 is 0. The summed E-state index contributed by atoms with van der Waals surface area (Å²) in [7, 11) is 3.26. The normalized spacial score (nSPS) is 10.6. The van der Waals surface area contributed by atoms with Crippen LogP contribution in [0.25, 0.3) is 0 Å². The molecule has 0 aromatic heterocycles. The van der Waals surface area contributed by atoms with Gasteiger partial charge in [0.1, 0.15) is 0 Å². The predicted molar refractivity (Wildman–Crippen MR) is 52.1 cm³/mol. The van der Waals surface area contributed by atoms with Crippen molar-refractivity contribution in [2.75, 3.05) is 40.4 Å². The second-order valence-electron chi connectivity index (χ2n) is 2.65. The number of hydroxylamine groups is 2. The molecule has 3 N–H and O–H groups in total. The van der Waals surface area contributed by atoms with E-state index in [1.165, 1.54) is 0 Å². The molecule has 0 aromatic rings. The van der Waals surface area contributed by atoms with Gasteiger partial charge < -0.3 is 15.0 Å². The molecule has 80 valence electrons. The number of nitrogens with one attached hydrogen (secondary N) is 3. The van der Waals surface area contributed by atoms with Crippen molar-refractivity contribution in [3.8, 4) is 0 Å². The minimum Gasteiger partial charge on any atom is -0.317 e. The first kappa shape index (κ1) is 12.8. The third kappa shape index (κ3) is 11.8. The summed E-state index contributed by atoms with van der Waals surface area (Å²) in [5, 5.41) is 3.31. The Bertz CT molecular complexity index is 83.5. The molecule has 0 saturated carbocycles. The van der Waals surface area contributed by atoms with Gasteiger partial charge in [0.2, 0.25) is 0 Å². The number of hydrogen-bond donors (Lipinski definition) is 3. The van der Waals surface area contributed by atoms with E-state index in [2.05, 4.69) is 16.3 Å². The van der Waals surface area contributed by atoms with E-state index in [1.807, 2.05) is 0 Å². The van der Waals surface area contributed by atoms with Crippen LogP contribution in [0.1, 0.15) is 12.8 Å². The van der Waals surface area contributed by atoms with Crippen LogP contribution in [0.4, 0.5) is 0 Å². The second kappa shape index (κ2) is 11.8. The molecule has 0 radical (unpaired) electrons. The highest BCUT2D eigenvalue weighted by atomic mass is 16.6. The molecule has 0 fully saturated rings. The van der Waals surface area contributed by atoms with Crippen LogP contribution in [-0.4, -0.2) is 40.4 Å². The van der Waals surface area contributed by atoms with Crippen molar-refractivity contribution in [3.63, 3.8) is 0 Å². The average Bonchev–Trinajstić information content (AvgIpc) is 2.16. The average molecular weight is 191 g/mol. The van der Waals surface area contributed by atoms with E-state index in [9.17, 15) is 0 Å². The van der Waals surface area contributed by atoms with E-state index in [0.29, 0.717) is 0 Å². The molecule has 0 rings (SSSR count). The molecule has 13 heavy (non-hydrogen) atoms. The lowest BCUT2D eigenvalue weighted by Crippen LogP contribution is -2.24. The lowest BCUT2D eigenvalue weighted by molar-refractivity contribution is 0.0896. The van der Waals surface area contributed by atoms with Crippen LogP contribution in [0.15, 0.2) is 0 Å². The van der Waals surface area contributed by atoms with Crippen molar-refractivity contribution in [2.45, 2.75) is 12.8 Å². The summed E-state index contributed by atoms with van der Waals surface area (Å²) in [6, 6.07) is 0. The highest BCUT2D eigenvalue weighted by Gasteiger charge is 1.88. The smallest absolute Gasteiger partial charge is 0.0572 e. The quantitative estimate of drug-likeness (QED) is 0.326. The molecule has 0 heterocycles. The van der Waals surface area contributed by atoms with Crippen molar-refractivity contribution < 1.29 is 9.68 Å². The standard InChI is InChI=1S/C8H21N3O2/c1-12-10-7-3-5-9-6-4-8-11-13-2/h9-11H,3-8H2,1-2H3. The Labute approximate surface area is 80.1 Å². The largest absolute Gasteiger partial charge is 0.317 e. The molecule has 0 amide bonds. The van der Waals surface area contributed by atoms with Gasteiger partial charge in [-0.05, 0) is 25.9 Å². The first-order valence-electron chi connectivity index (χ1n) is 4.64. The summed E-state index contributed by atoms with van der Waals surface area (Å²) in [5.74, 6) is 0. The second-order valence-corrected chi connectivity index (χ2v) is 2.65. The molecule has 0 aliphatic carbocycles. The summed E-state index contributed by atoms with van der Waals surface area (Å²) in [4.78, 5) is 9.39. The zero-order valence-electron chi connectivity index (χ0n) is 8.56. The minimum atomic E-state index is 0.889. The van der Waals surface area contributed by atoms with Crippen molar-refractivity contribution in [1.29, 1.82) is 0 Å². The van der Waals surface area contributed by atoms with Gasteiger partial charge in [-0.25, -0.2) is 11.0 Å². The highest BCUT2D eigenvalue weighted by molar-refractivity contribution is 4.49. The third-order valence-corrected chi connectivity index (χ3v) is 1.55. The molecule has 0 aromatic carbocycles. The molecule has 0 aliphatic rings. The minimum absolute atomic E-state index is 0.889. The highest BCUT2D eigenvalue weighted by Crippen LogP contribution is 1.76. The Morgan fingerprint density at radius 3 is 1.62 bits per heavy atom. The summed E-state index contributed by atoms with van der Waals surface area (Å²) in [6.45, 7) is 3.81. The Hall–Kier alpha value is -0.200. The molecule has 0 atom stereocenters. The molecule has 0 spiro atoms.